The van der Waals surface area contributed by atoms with Crippen molar-refractivity contribution in [2.75, 3.05) is 6.54 Å². The minimum atomic E-state index is -1.16. The first kappa shape index (κ1) is 12.2. The number of aryl methyl sites for hydroxylation is 1. The fourth-order valence-electron chi connectivity index (χ4n) is 1.26. The van der Waals surface area contributed by atoms with E-state index >= 15 is 0 Å². The maximum atomic E-state index is 11.4. The number of carbonyl (C=O) groups is 2. The molecule has 1 rings (SSSR count). The number of amides is 1. The fraction of sp³-hybridized carbons (Fsp3) is 0.333. The van der Waals surface area contributed by atoms with Gasteiger partial charge in [-0.15, -0.1) is 0 Å². The predicted octanol–water partition coefficient (Wildman–Crippen LogP) is -0.206. The van der Waals surface area contributed by atoms with Gasteiger partial charge < -0.3 is 15.2 Å². The first-order valence-corrected chi connectivity index (χ1v) is 5.10. The molecule has 0 aliphatic carbocycles. The van der Waals surface area contributed by atoms with E-state index in [-0.39, 0.29) is 25.3 Å². The number of hydrogen-bond acceptors (Lipinski definition) is 3. The van der Waals surface area contributed by atoms with E-state index in [0.29, 0.717) is 0 Å². The number of rotatable bonds is 5. The molecule has 16 heavy (non-hydrogen) atoms. The molecule has 0 saturated carbocycles. The SMILES string of the molecule is Cc1ccc(CC(=O)NCCC(=O)[O-])cc1. The van der Waals surface area contributed by atoms with Crippen LogP contribution in [0.3, 0.4) is 0 Å². The lowest BCUT2D eigenvalue weighted by molar-refractivity contribution is -0.305. The zero-order valence-corrected chi connectivity index (χ0v) is 9.16. The highest BCUT2D eigenvalue weighted by molar-refractivity contribution is 5.79. The Morgan fingerprint density at radius 3 is 2.44 bits per heavy atom. The average Bonchev–Trinajstić information content (AvgIpc) is 2.21. The van der Waals surface area contributed by atoms with Crippen molar-refractivity contribution >= 4 is 11.9 Å². The molecule has 4 heteroatoms. The minimum Gasteiger partial charge on any atom is -0.550 e. The van der Waals surface area contributed by atoms with E-state index in [1.807, 2.05) is 31.2 Å². The highest BCUT2D eigenvalue weighted by atomic mass is 16.4. The lowest BCUT2D eigenvalue weighted by Crippen LogP contribution is -2.31. The first-order valence-electron chi connectivity index (χ1n) is 5.10. The molecule has 0 atom stereocenters. The van der Waals surface area contributed by atoms with E-state index < -0.39 is 5.97 Å². The van der Waals surface area contributed by atoms with Crippen molar-refractivity contribution in [1.82, 2.24) is 5.32 Å². The van der Waals surface area contributed by atoms with Crippen LogP contribution >= 0.6 is 0 Å². The lowest BCUT2D eigenvalue weighted by atomic mass is 10.1. The van der Waals surface area contributed by atoms with Crippen LogP contribution < -0.4 is 10.4 Å². The van der Waals surface area contributed by atoms with Gasteiger partial charge in [0.15, 0.2) is 0 Å². The highest BCUT2D eigenvalue weighted by Crippen LogP contribution is 2.03. The maximum Gasteiger partial charge on any atom is 0.224 e. The zero-order chi connectivity index (χ0) is 12.0. The summed E-state index contributed by atoms with van der Waals surface area (Å²) >= 11 is 0. The third-order valence-electron chi connectivity index (χ3n) is 2.14. The number of carboxylic acids is 1. The molecule has 0 aromatic heterocycles. The molecular weight excluding hydrogens is 206 g/mol. The maximum absolute atomic E-state index is 11.4. The molecule has 0 aliphatic heterocycles. The van der Waals surface area contributed by atoms with Crippen LogP contribution in [0.2, 0.25) is 0 Å². The van der Waals surface area contributed by atoms with Crippen LogP contribution in [0.5, 0.6) is 0 Å². The fourth-order valence-corrected chi connectivity index (χ4v) is 1.26. The van der Waals surface area contributed by atoms with Gasteiger partial charge in [-0.1, -0.05) is 29.8 Å². The van der Waals surface area contributed by atoms with Gasteiger partial charge in [0.25, 0.3) is 0 Å². The summed E-state index contributed by atoms with van der Waals surface area (Å²) in [6, 6.07) is 7.63. The molecule has 0 spiro atoms. The van der Waals surface area contributed by atoms with Crippen molar-refractivity contribution in [1.29, 1.82) is 0 Å². The Bertz CT molecular complexity index is 370. The zero-order valence-electron chi connectivity index (χ0n) is 9.16. The van der Waals surface area contributed by atoms with Gasteiger partial charge in [0.05, 0.1) is 6.42 Å². The molecule has 1 aromatic rings. The molecule has 86 valence electrons. The molecule has 1 amide bonds. The summed E-state index contributed by atoms with van der Waals surface area (Å²) in [4.78, 5) is 21.5. The second-order valence-electron chi connectivity index (χ2n) is 3.63. The van der Waals surface area contributed by atoms with Crippen molar-refractivity contribution in [3.63, 3.8) is 0 Å². The van der Waals surface area contributed by atoms with Crippen LogP contribution in [0.15, 0.2) is 24.3 Å². The van der Waals surface area contributed by atoms with Crippen molar-refractivity contribution in [3.05, 3.63) is 35.4 Å². The smallest absolute Gasteiger partial charge is 0.224 e. The van der Waals surface area contributed by atoms with Gasteiger partial charge in [0.2, 0.25) is 5.91 Å². The van der Waals surface area contributed by atoms with Crippen LogP contribution in [-0.4, -0.2) is 18.4 Å². The van der Waals surface area contributed by atoms with Gasteiger partial charge in [-0.3, -0.25) is 4.79 Å². The number of hydrogen-bond donors (Lipinski definition) is 1. The summed E-state index contributed by atoms with van der Waals surface area (Å²) in [5, 5.41) is 12.6. The van der Waals surface area contributed by atoms with Gasteiger partial charge in [-0.05, 0) is 12.5 Å². The Morgan fingerprint density at radius 2 is 1.88 bits per heavy atom. The van der Waals surface area contributed by atoms with Crippen LogP contribution in [0, 0.1) is 6.92 Å². The minimum absolute atomic E-state index is 0.118. The number of carbonyl (C=O) groups excluding carboxylic acids is 2. The monoisotopic (exact) mass is 220 g/mol. The van der Waals surface area contributed by atoms with Crippen molar-refractivity contribution < 1.29 is 14.7 Å². The van der Waals surface area contributed by atoms with Crippen LogP contribution in [0.1, 0.15) is 17.5 Å². The number of carboxylic acid groups (broad SMARTS) is 1. The summed E-state index contributed by atoms with van der Waals surface area (Å²) in [7, 11) is 0. The molecule has 4 nitrogen and oxygen atoms in total. The second-order valence-corrected chi connectivity index (χ2v) is 3.63. The van der Waals surface area contributed by atoms with Crippen LogP contribution in [-0.2, 0) is 16.0 Å². The van der Waals surface area contributed by atoms with E-state index in [1.165, 1.54) is 0 Å². The van der Waals surface area contributed by atoms with Gasteiger partial charge in [0.1, 0.15) is 0 Å². The van der Waals surface area contributed by atoms with Gasteiger partial charge >= 0.3 is 0 Å². The Labute approximate surface area is 94.3 Å². The molecule has 1 N–H and O–H groups in total. The molecule has 0 heterocycles. The molecule has 0 fully saturated rings. The third kappa shape index (κ3) is 4.59. The van der Waals surface area contributed by atoms with Gasteiger partial charge in [-0.25, -0.2) is 0 Å². The highest BCUT2D eigenvalue weighted by Gasteiger charge is 2.02. The summed E-state index contributed by atoms with van der Waals surface area (Å²) in [6.45, 7) is 2.09. The van der Waals surface area contributed by atoms with E-state index in [9.17, 15) is 14.7 Å². The Hall–Kier alpha value is -1.84. The van der Waals surface area contributed by atoms with Crippen LogP contribution in [0.25, 0.3) is 0 Å². The number of aliphatic carboxylic acids is 1. The Morgan fingerprint density at radius 1 is 1.25 bits per heavy atom. The predicted molar refractivity (Wildman–Crippen MR) is 57.5 cm³/mol. The van der Waals surface area contributed by atoms with E-state index in [4.69, 9.17) is 0 Å². The number of benzene rings is 1. The Balaban J connectivity index is 2.34. The topological polar surface area (TPSA) is 69.2 Å². The van der Waals surface area contributed by atoms with E-state index in [2.05, 4.69) is 5.32 Å². The van der Waals surface area contributed by atoms with Gasteiger partial charge in [0, 0.05) is 18.9 Å². The van der Waals surface area contributed by atoms with Crippen molar-refractivity contribution in [3.8, 4) is 0 Å². The standard InChI is InChI=1S/C12H15NO3/c1-9-2-4-10(5-3-9)8-11(14)13-7-6-12(15)16/h2-5H,6-8H2,1H3,(H,13,14)(H,15,16)/p-1. The Kier molecular flexibility index (Phi) is 4.51. The average molecular weight is 220 g/mol. The molecule has 0 aliphatic rings. The largest absolute Gasteiger partial charge is 0.550 e. The summed E-state index contributed by atoms with van der Waals surface area (Å²) in [5.74, 6) is -1.33. The van der Waals surface area contributed by atoms with Gasteiger partial charge in [-0.2, -0.15) is 0 Å². The van der Waals surface area contributed by atoms with E-state index in [0.717, 1.165) is 11.1 Å². The van der Waals surface area contributed by atoms with Crippen molar-refractivity contribution in [2.24, 2.45) is 0 Å². The molecule has 0 radical (unpaired) electrons. The van der Waals surface area contributed by atoms with E-state index in [1.54, 1.807) is 0 Å². The molecule has 0 saturated heterocycles. The number of nitrogens with one attached hydrogen (secondary N) is 1. The molecule has 0 bridgehead atoms. The second kappa shape index (κ2) is 5.90. The summed E-state index contributed by atoms with van der Waals surface area (Å²) < 4.78 is 0. The third-order valence-corrected chi connectivity index (χ3v) is 2.14. The lowest BCUT2D eigenvalue weighted by Gasteiger charge is -2.05. The van der Waals surface area contributed by atoms with Crippen LogP contribution in [0.4, 0.5) is 0 Å². The summed E-state index contributed by atoms with van der Waals surface area (Å²) in [6.07, 6.45) is 0.118. The summed E-state index contributed by atoms with van der Waals surface area (Å²) in [5.41, 5.74) is 2.05. The molecule has 1 aromatic carbocycles. The molecular formula is C12H14NO3-. The quantitative estimate of drug-likeness (QED) is 0.746. The normalized spacial score (nSPS) is 9.81. The van der Waals surface area contributed by atoms with Crippen molar-refractivity contribution in [2.45, 2.75) is 19.8 Å². The molecule has 0 unspecified atom stereocenters. The first-order chi connectivity index (χ1) is 7.58.